The topological polar surface area (TPSA) is 37.3 Å². The standard InChI is InChI=1S/C19H17O2P/c1-15-11-13-16(14-12-15)18-9-5-6-10-19(18)22(20,21)17-7-3-2-4-8-17/h2-14H,1H3,(H,20,21). The third-order valence-corrected chi connectivity index (χ3v) is 5.74. The fraction of sp³-hybridized carbons (Fsp3) is 0.0526. The maximum Gasteiger partial charge on any atom is 0.259 e. The average Bonchev–Trinajstić information content (AvgIpc) is 2.56. The van der Waals surface area contributed by atoms with E-state index in [1.165, 1.54) is 0 Å². The fourth-order valence-corrected chi connectivity index (χ4v) is 4.16. The van der Waals surface area contributed by atoms with Crippen molar-refractivity contribution in [3.8, 4) is 11.1 Å². The van der Waals surface area contributed by atoms with Gasteiger partial charge in [0.15, 0.2) is 0 Å². The van der Waals surface area contributed by atoms with Gasteiger partial charge in [-0.3, -0.25) is 4.57 Å². The molecule has 1 N–H and O–H groups in total. The van der Waals surface area contributed by atoms with Gasteiger partial charge in [-0.25, -0.2) is 0 Å². The van der Waals surface area contributed by atoms with Gasteiger partial charge < -0.3 is 4.89 Å². The van der Waals surface area contributed by atoms with Crippen LogP contribution >= 0.6 is 7.37 Å². The Morgan fingerprint density at radius 3 is 2.05 bits per heavy atom. The van der Waals surface area contributed by atoms with Crippen LogP contribution in [0.4, 0.5) is 0 Å². The molecule has 3 aromatic rings. The summed E-state index contributed by atoms with van der Waals surface area (Å²) >= 11 is 0. The number of hydrogen-bond acceptors (Lipinski definition) is 1. The predicted octanol–water partition coefficient (Wildman–Crippen LogP) is 3.88. The molecule has 0 aliphatic carbocycles. The van der Waals surface area contributed by atoms with Crippen molar-refractivity contribution in [1.29, 1.82) is 0 Å². The lowest BCUT2D eigenvalue weighted by atomic mass is 10.0. The lowest BCUT2D eigenvalue weighted by Gasteiger charge is -2.16. The molecule has 0 amide bonds. The molecule has 0 saturated carbocycles. The first-order valence-corrected chi connectivity index (χ1v) is 8.80. The minimum absolute atomic E-state index is 0.453. The van der Waals surface area contributed by atoms with Crippen LogP contribution in [0.5, 0.6) is 0 Å². The van der Waals surface area contributed by atoms with E-state index in [9.17, 15) is 9.46 Å². The quantitative estimate of drug-likeness (QED) is 0.746. The van der Waals surface area contributed by atoms with Crippen molar-refractivity contribution in [3.05, 3.63) is 84.4 Å². The minimum Gasteiger partial charge on any atom is -0.338 e. The molecule has 3 aromatic carbocycles. The minimum atomic E-state index is -3.61. The van der Waals surface area contributed by atoms with Crippen LogP contribution in [-0.4, -0.2) is 4.89 Å². The Bertz CT molecular complexity index is 824. The van der Waals surface area contributed by atoms with Gasteiger partial charge in [-0.1, -0.05) is 66.2 Å². The van der Waals surface area contributed by atoms with E-state index in [-0.39, 0.29) is 0 Å². The van der Waals surface area contributed by atoms with Crippen molar-refractivity contribution in [2.45, 2.75) is 6.92 Å². The molecule has 110 valence electrons. The number of aryl methyl sites for hydroxylation is 1. The first-order valence-electron chi connectivity index (χ1n) is 7.14. The highest BCUT2D eigenvalue weighted by Gasteiger charge is 2.26. The summed E-state index contributed by atoms with van der Waals surface area (Å²) in [6, 6.07) is 24.1. The van der Waals surface area contributed by atoms with E-state index in [1.807, 2.05) is 49.4 Å². The summed E-state index contributed by atoms with van der Waals surface area (Å²) in [6.07, 6.45) is 0. The van der Waals surface area contributed by atoms with Crippen molar-refractivity contribution in [2.75, 3.05) is 0 Å². The molecule has 1 unspecified atom stereocenters. The monoisotopic (exact) mass is 308 g/mol. The van der Waals surface area contributed by atoms with Crippen LogP contribution in [0.2, 0.25) is 0 Å². The Balaban J connectivity index is 2.16. The summed E-state index contributed by atoms with van der Waals surface area (Å²) in [5, 5.41) is 0.930. The second kappa shape index (κ2) is 5.92. The molecule has 0 bridgehead atoms. The second-order valence-electron chi connectivity index (χ2n) is 5.29. The molecule has 2 nitrogen and oxygen atoms in total. The van der Waals surface area contributed by atoms with Gasteiger partial charge in [0.2, 0.25) is 0 Å². The molecule has 3 rings (SSSR count). The third kappa shape index (κ3) is 2.76. The highest BCUT2D eigenvalue weighted by Crippen LogP contribution is 2.41. The summed E-state index contributed by atoms with van der Waals surface area (Å²) in [7, 11) is -3.61. The summed E-state index contributed by atoms with van der Waals surface area (Å²) in [4.78, 5) is 10.7. The number of hydrogen-bond donors (Lipinski definition) is 1. The molecule has 0 aliphatic heterocycles. The summed E-state index contributed by atoms with van der Waals surface area (Å²) in [5.74, 6) is 0. The zero-order valence-corrected chi connectivity index (χ0v) is 13.2. The molecule has 0 radical (unpaired) electrons. The first-order chi connectivity index (χ1) is 10.6. The summed E-state index contributed by atoms with van der Waals surface area (Å²) in [5.41, 5.74) is 2.92. The van der Waals surface area contributed by atoms with Gasteiger partial charge in [0.05, 0.1) is 0 Å². The van der Waals surface area contributed by atoms with E-state index in [0.29, 0.717) is 10.6 Å². The molecule has 0 spiro atoms. The van der Waals surface area contributed by atoms with Gasteiger partial charge in [0, 0.05) is 10.6 Å². The lowest BCUT2D eigenvalue weighted by Crippen LogP contribution is -2.17. The third-order valence-electron chi connectivity index (χ3n) is 3.70. The van der Waals surface area contributed by atoms with Gasteiger partial charge in [0.1, 0.15) is 0 Å². The Labute approximate surface area is 130 Å². The fourth-order valence-electron chi connectivity index (χ4n) is 2.48. The predicted molar refractivity (Wildman–Crippen MR) is 92.2 cm³/mol. The van der Waals surface area contributed by atoms with E-state index in [2.05, 4.69) is 0 Å². The van der Waals surface area contributed by atoms with E-state index < -0.39 is 7.37 Å². The molecule has 22 heavy (non-hydrogen) atoms. The summed E-state index contributed by atoms with van der Waals surface area (Å²) in [6.45, 7) is 2.02. The largest absolute Gasteiger partial charge is 0.338 e. The van der Waals surface area contributed by atoms with E-state index in [1.54, 1.807) is 36.4 Å². The van der Waals surface area contributed by atoms with Gasteiger partial charge in [-0.15, -0.1) is 0 Å². The van der Waals surface area contributed by atoms with Gasteiger partial charge in [0.25, 0.3) is 7.37 Å². The maximum absolute atomic E-state index is 13.0. The maximum atomic E-state index is 13.0. The van der Waals surface area contributed by atoms with Crippen LogP contribution in [0.1, 0.15) is 5.56 Å². The molecular formula is C19H17O2P. The normalized spacial score (nSPS) is 13.5. The molecule has 1 atom stereocenters. The van der Waals surface area contributed by atoms with Gasteiger partial charge in [-0.2, -0.15) is 0 Å². The average molecular weight is 308 g/mol. The Morgan fingerprint density at radius 2 is 1.36 bits per heavy atom. The van der Waals surface area contributed by atoms with Gasteiger partial charge in [-0.05, 0) is 36.2 Å². The van der Waals surface area contributed by atoms with E-state index in [4.69, 9.17) is 0 Å². The van der Waals surface area contributed by atoms with Crippen molar-refractivity contribution in [1.82, 2.24) is 0 Å². The molecule has 0 heterocycles. The smallest absolute Gasteiger partial charge is 0.259 e. The van der Waals surface area contributed by atoms with E-state index in [0.717, 1.165) is 16.7 Å². The Morgan fingerprint density at radius 1 is 0.773 bits per heavy atom. The zero-order chi connectivity index (χ0) is 15.6. The molecule has 3 heteroatoms. The number of rotatable bonds is 3. The van der Waals surface area contributed by atoms with Crippen molar-refractivity contribution < 1.29 is 9.46 Å². The van der Waals surface area contributed by atoms with Crippen LogP contribution in [0.3, 0.4) is 0 Å². The Kier molecular flexibility index (Phi) is 3.98. The summed E-state index contributed by atoms with van der Waals surface area (Å²) < 4.78 is 13.0. The van der Waals surface area contributed by atoms with Crippen LogP contribution in [0.25, 0.3) is 11.1 Å². The lowest BCUT2D eigenvalue weighted by molar-refractivity contribution is 0.501. The number of benzene rings is 3. The molecule has 0 saturated heterocycles. The molecular weight excluding hydrogens is 291 g/mol. The molecule has 0 fully saturated rings. The first kappa shape index (κ1) is 14.8. The highest BCUT2D eigenvalue weighted by molar-refractivity contribution is 7.73. The van der Waals surface area contributed by atoms with Crippen LogP contribution in [0, 0.1) is 6.92 Å². The SMILES string of the molecule is Cc1ccc(-c2ccccc2P(=O)(O)c2ccccc2)cc1. The molecule has 0 aliphatic rings. The van der Waals surface area contributed by atoms with Gasteiger partial charge >= 0.3 is 0 Å². The zero-order valence-electron chi connectivity index (χ0n) is 12.3. The van der Waals surface area contributed by atoms with Crippen molar-refractivity contribution in [3.63, 3.8) is 0 Å². The van der Waals surface area contributed by atoms with Crippen LogP contribution in [0.15, 0.2) is 78.9 Å². The van der Waals surface area contributed by atoms with Crippen LogP contribution in [-0.2, 0) is 4.57 Å². The van der Waals surface area contributed by atoms with Crippen molar-refractivity contribution >= 4 is 18.0 Å². The van der Waals surface area contributed by atoms with Crippen molar-refractivity contribution in [2.24, 2.45) is 0 Å². The molecule has 0 aromatic heterocycles. The highest BCUT2D eigenvalue weighted by atomic mass is 31.2. The van der Waals surface area contributed by atoms with E-state index >= 15 is 0 Å². The Hall–Kier alpha value is -2.15. The van der Waals surface area contributed by atoms with Crippen LogP contribution < -0.4 is 10.6 Å². The second-order valence-corrected chi connectivity index (χ2v) is 7.45.